The molecule has 0 spiro atoms. The van der Waals surface area contributed by atoms with E-state index in [1.807, 2.05) is 119 Å². The quantitative estimate of drug-likeness (QED) is 0.0144. The van der Waals surface area contributed by atoms with Gasteiger partial charge in [0.05, 0.1) is 79.3 Å². The van der Waals surface area contributed by atoms with Crippen molar-refractivity contribution in [3.63, 3.8) is 0 Å². The van der Waals surface area contributed by atoms with Gasteiger partial charge in [-0.1, -0.05) is 28.1 Å². The van der Waals surface area contributed by atoms with Crippen LogP contribution in [0.3, 0.4) is 0 Å². The van der Waals surface area contributed by atoms with Gasteiger partial charge in [-0.15, -0.1) is 0 Å². The Bertz CT molecular complexity index is 5600. The molecule has 0 bridgehead atoms. The van der Waals surface area contributed by atoms with Gasteiger partial charge in [0, 0.05) is 94.6 Å². The molecular weight excluding hydrogens is 2190 g/mol. The second kappa shape index (κ2) is 45.2. The highest BCUT2D eigenvalue weighted by atomic mass is 127. The van der Waals surface area contributed by atoms with Gasteiger partial charge in [0.25, 0.3) is 35.2 Å². The van der Waals surface area contributed by atoms with E-state index < -0.39 is 50.1 Å². The van der Waals surface area contributed by atoms with Crippen molar-refractivity contribution in [3.8, 4) is 0 Å². The van der Waals surface area contributed by atoms with E-state index in [9.17, 15) is 55.7 Å². The summed E-state index contributed by atoms with van der Waals surface area (Å²) >= 11 is 14.6. The number of carbonyl (C=O) groups is 5. The number of aliphatic hydroxyl groups excluding tert-OH is 2. The molecule has 2 saturated carbocycles. The maximum Gasteiger partial charge on any atom is 0.270 e. The minimum absolute atomic E-state index is 0.0120. The van der Waals surface area contributed by atoms with Gasteiger partial charge in [0.1, 0.15) is 17.5 Å². The number of non-ortho nitro benzene ring substituents is 1. The van der Waals surface area contributed by atoms with Gasteiger partial charge in [-0.3, -0.25) is 34.1 Å². The van der Waals surface area contributed by atoms with E-state index in [-0.39, 0.29) is 78.0 Å². The molecule has 0 atom stereocenters. The summed E-state index contributed by atoms with van der Waals surface area (Å²) in [4.78, 5) is 72.1. The van der Waals surface area contributed by atoms with Crippen LogP contribution < -0.4 is 58.3 Å². The summed E-state index contributed by atoms with van der Waals surface area (Å²) in [5.41, 5.74) is 14.5. The van der Waals surface area contributed by atoms with Crippen molar-refractivity contribution in [2.24, 2.45) is 5.14 Å². The molecule has 23 nitrogen and oxygen atoms in total. The number of nitrogens with one attached hydrogen (secondary N) is 10. The Balaban J connectivity index is 0.000000172. The van der Waals surface area contributed by atoms with Crippen molar-refractivity contribution in [3.05, 3.63) is 317 Å². The predicted molar refractivity (Wildman–Crippen MR) is 511 cm³/mol. The van der Waals surface area contributed by atoms with Crippen molar-refractivity contribution < 1.29 is 60.7 Å². The SMILES string of the molecule is Cc1cc(I)ccc1Nc1ccc(Br)cc1C(=O)NC1CC1.Cc1cc(I)ccc1Nc1ccc(F)cc1C(=O)NC1CC1.Cc1cc(I)ccc1Nc1ccc(F)cc1C(=O)NCCO.Cc1cc(I)ccc1Nc1ccc(F)cc1C(=O)NCc1ccc(S(N)(=O)=O)cc1.Cc1cc(I)ccc1Nc1ccc([N+](=O)[O-])cc1C(=O)NCCO. The van der Waals surface area contributed by atoms with Crippen LogP contribution in [0.5, 0.6) is 0 Å². The number of hydrogen-bond acceptors (Lipinski definition) is 16. The summed E-state index contributed by atoms with van der Waals surface area (Å²) in [6.45, 7) is 9.86. The monoisotopic (exact) mass is 2270 g/mol. The average molecular weight is 2280 g/mol. The number of benzene rings is 11. The number of nitrogens with zero attached hydrogens (tertiary/aromatic N) is 1. The molecule has 13 rings (SSSR count). The molecule has 2 aliphatic rings. The maximum absolute atomic E-state index is 13.8. The number of halogens is 9. The number of rotatable bonds is 25. The van der Waals surface area contributed by atoms with Gasteiger partial charge in [0.2, 0.25) is 10.0 Å². The summed E-state index contributed by atoms with van der Waals surface area (Å²) in [6, 6.07) is 58.2. The fourth-order valence-electron chi connectivity index (χ4n) is 11.3. The highest BCUT2D eigenvalue weighted by molar-refractivity contribution is 14.1. The van der Waals surface area contributed by atoms with Crippen LogP contribution in [-0.2, 0) is 16.6 Å². The first kappa shape index (κ1) is 94.8. The number of primary sulfonamides is 1. The smallest absolute Gasteiger partial charge is 0.270 e. The number of nitro groups is 1. The Morgan fingerprint density at radius 3 is 0.992 bits per heavy atom. The lowest BCUT2D eigenvalue weighted by atomic mass is 10.1. The minimum Gasteiger partial charge on any atom is -0.395 e. The Morgan fingerprint density at radius 2 is 0.692 bits per heavy atom. The molecule has 0 aliphatic heterocycles. The second-order valence-corrected chi connectivity index (χ2v) is 36.2. The number of aliphatic hydroxyl groups is 2. The summed E-state index contributed by atoms with van der Waals surface area (Å²) in [6.07, 6.45) is 4.16. The molecule has 5 amide bonds. The fourth-order valence-corrected chi connectivity index (χ4v) is 15.5. The number of nitro benzene ring substituents is 1. The number of amides is 5. The molecule has 0 saturated heterocycles. The van der Waals surface area contributed by atoms with E-state index in [0.29, 0.717) is 45.5 Å². The molecule has 626 valence electrons. The van der Waals surface area contributed by atoms with Gasteiger partial charge in [-0.2, -0.15) is 0 Å². The third kappa shape index (κ3) is 29.3. The third-order valence-electron chi connectivity index (χ3n) is 18.0. The first-order valence-electron chi connectivity index (χ1n) is 37.0. The molecule has 120 heavy (non-hydrogen) atoms. The number of hydrogen-bond donors (Lipinski definition) is 13. The summed E-state index contributed by atoms with van der Waals surface area (Å²) in [7, 11) is -3.78. The van der Waals surface area contributed by atoms with Crippen molar-refractivity contribution in [1.29, 1.82) is 0 Å². The highest BCUT2D eigenvalue weighted by Gasteiger charge is 2.28. The summed E-state index contributed by atoms with van der Waals surface area (Å²) in [5.74, 6) is -3.05. The normalized spacial score (nSPS) is 11.8. The first-order chi connectivity index (χ1) is 57.1. The van der Waals surface area contributed by atoms with Crippen molar-refractivity contribution in [2.75, 3.05) is 52.9 Å². The van der Waals surface area contributed by atoms with Crippen molar-refractivity contribution in [2.45, 2.75) is 83.8 Å². The molecule has 0 heterocycles. The summed E-state index contributed by atoms with van der Waals surface area (Å²) < 4.78 is 70.0. The Labute approximate surface area is 769 Å². The maximum atomic E-state index is 13.8. The summed E-state index contributed by atoms with van der Waals surface area (Å²) in [5, 5.41) is 63.5. The molecule has 0 unspecified atom stereocenters. The van der Waals surface area contributed by atoms with Gasteiger partial charge in [0.15, 0.2) is 0 Å². The van der Waals surface area contributed by atoms with E-state index in [0.717, 1.165) is 106 Å². The molecule has 0 radical (unpaired) electrons. The van der Waals surface area contributed by atoms with E-state index in [2.05, 4.69) is 207 Å². The Kier molecular flexibility index (Phi) is 35.7. The van der Waals surface area contributed by atoms with E-state index in [4.69, 9.17) is 15.4 Å². The van der Waals surface area contributed by atoms with Gasteiger partial charge in [-0.25, -0.2) is 26.7 Å². The van der Waals surface area contributed by atoms with Crippen LogP contribution in [0.2, 0.25) is 0 Å². The molecule has 2 aliphatic carbocycles. The lowest BCUT2D eigenvalue weighted by molar-refractivity contribution is -0.384. The zero-order valence-electron chi connectivity index (χ0n) is 65.1. The Morgan fingerprint density at radius 1 is 0.408 bits per heavy atom. The van der Waals surface area contributed by atoms with E-state index >= 15 is 0 Å². The minimum atomic E-state index is -3.78. The van der Waals surface area contributed by atoms with Crippen molar-refractivity contribution in [1.82, 2.24) is 26.6 Å². The van der Waals surface area contributed by atoms with Crippen LogP contribution in [-0.4, -0.2) is 91.5 Å². The highest BCUT2D eigenvalue weighted by Crippen LogP contribution is 2.34. The second-order valence-electron chi connectivity index (χ2n) is 27.5. The largest absolute Gasteiger partial charge is 0.395 e. The van der Waals surface area contributed by atoms with Crippen LogP contribution in [0.4, 0.5) is 75.7 Å². The van der Waals surface area contributed by atoms with Crippen LogP contribution >= 0.6 is 129 Å². The number of anilines is 10. The number of nitrogens with two attached hydrogens (primary N) is 1. The van der Waals surface area contributed by atoms with Crippen molar-refractivity contribution >= 4 is 231 Å². The van der Waals surface area contributed by atoms with E-state index in [1.165, 1.54) is 82.4 Å². The lowest BCUT2D eigenvalue weighted by Crippen LogP contribution is -2.27. The lowest BCUT2D eigenvalue weighted by Gasteiger charge is -2.14. The standard InChI is InChI=1S/C21H19FIN3O3S.C17H16BrIN2O.C17H16FIN2O.C16H16FIN2O2.C16H16IN3O4/c1-13-10-16(23)5-9-19(13)26-20-8-4-15(22)11-18(20)21(27)25-12-14-2-6-17(7-3-14)30(24,28)29;2*1-10-8-12(19)3-7-15(10)21-16-6-2-11(18)9-14(16)17(22)20-13-4-5-13;1-10-8-12(18)3-5-14(10)20-15-4-2-11(17)9-13(15)16(22)19-6-7-21;1-10-8-11(17)2-4-14(10)19-15-5-3-12(20(23)24)9-13(15)16(22)18-6-7-21/h2-11,26H,12H2,1H3,(H,25,27)(H2,24,28,29);2*2-3,6-9,13,21H,4-5H2,1H3,(H,20,22);2-5,8-9,20-21H,6-7H2,1H3,(H,19,22);2-5,8-9,19,21H,6-7H2,1H3,(H,18,22). The third-order valence-corrected chi connectivity index (χ3v) is 22.8. The van der Waals surface area contributed by atoms with Gasteiger partial charge >= 0.3 is 0 Å². The number of sulfonamides is 1. The molecule has 11 aromatic carbocycles. The average Bonchev–Trinajstić information content (AvgIpc) is 1.52. The van der Waals surface area contributed by atoms with Gasteiger partial charge < -0.3 is 63.4 Å². The molecule has 11 aromatic rings. The zero-order valence-corrected chi connectivity index (χ0v) is 78.2. The zero-order chi connectivity index (χ0) is 87.1. The Hall–Kier alpha value is -9.08. The molecule has 14 N–H and O–H groups in total. The number of aryl methyl sites for hydroxylation is 5. The van der Waals surface area contributed by atoms with Crippen LogP contribution in [0.1, 0.15) is 111 Å². The first-order valence-corrected chi connectivity index (χ1v) is 44.8. The topological polar surface area (TPSA) is 349 Å². The predicted octanol–water partition coefficient (Wildman–Crippen LogP) is 19.6. The van der Waals surface area contributed by atoms with Gasteiger partial charge in [-0.05, 0) is 389 Å². The van der Waals surface area contributed by atoms with Crippen LogP contribution in [0.15, 0.2) is 216 Å². The fraction of sp³-hybridized carbons (Fsp3) is 0.184. The van der Waals surface area contributed by atoms with Crippen LogP contribution in [0.25, 0.3) is 0 Å². The number of carbonyl (C=O) groups excluding carboxylic acids is 5. The van der Waals surface area contributed by atoms with E-state index in [1.54, 1.807) is 18.2 Å². The molecule has 0 aromatic heterocycles. The molecular formula is C87H83BrF3I5N12O11S. The molecule has 2 fully saturated rings. The molecule has 33 heteroatoms. The van der Waals surface area contributed by atoms with Crippen LogP contribution in [0, 0.1) is 80.0 Å².